The maximum Gasteiger partial charge on any atom is 0.116 e. The first-order valence-corrected chi connectivity index (χ1v) is 4.54. The van der Waals surface area contributed by atoms with E-state index < -0.39 is 0 Å². The molecule has 0 radical (unpaired) electrons. The molecule has 0 saturated heterocycles. The third-order valence-electron chi connectivity index (χ3n) is 1.53. The summed E-state index contributed by atoms with van der Waals surface area (Å²) in [7, 11) is 0. The Hall–Kier alpha value is -1.20. The van der Waals surface area contributed by atoms with Gasteiger partial charge in [0, 0.05) is 12.3 Å². The minimum Gasteiger partial charge on any atom is -0.397 e. The van der Waals surface area contributed by atoms with Crippen LogP contribution in [0.15, 0.2) is 12.3 Å². The molecular weight excluding hydrogens is 184 g/mol. The normalized spacial score (nSPS) is 9.08. The highest BCUT2D eigenvalue weighted by Crippen LogP contribution is 2.07. The van der Waals surface area contributed by atoms with Gasteiger partial charge >= 0.3 is 0 Å². The zero-order valence-electron chi connectivity index (χ0n) is 7.47. The molecule has 2 N–H and O–H groups in total. The van der Waals surface area contributed by atoms with Gasteiger partial charge in [-0.25, -0.2) is 4.98 Å². The zero-order chi connectivity index (χ0) is 9.68. The van der Waals surface area contributed by atoms with Crippen molar-refractivity contribution in [2.24, 2.45) is 0 Å². The SMILES string of the molecule is Cc1cc(N)cnc1C#CCCCl. The van der Waals surface area contributed by atoms with E-state index in [1.54, 1.807) is 6.20 Å². The Balaban J connectivity index is 2.85. The summed E-state index contributed by atoms with van der Waals surface area (Å²) in [5.41, 5.74) is 8.00. The summed E-state index contributed by atoms with van der Waals surface area (Å²) in [4.78, 5) is 4.11. The maximum absolute atomic E-state index is 5.55. The maximum atomic E-state index is 5.55. The van der Waals surface area contributed by atoms with E-state index in [-0.39, 0.29) is 0 Å². The number of aromatic nitrogens is 1. The van der Waals surface area contributed by atoms with Gasteiger partial charge in [-0.1, -0.05) is 5.92 Å². The Labute approximate surface area is 83.1 Å². The van der Waals surface area contributed by atoms with Crippen LogP contribution < -0.4 is 5.73 Å². The van der Waals surface area contributed by atoms with Crippen LogP contribution in [0.5, 0.6) is 0 Å². The van der Waals surface area contributed by atoms with Gasteiger partial charge in [-0.2, -0.15) is 0 Å². The number of hydrogen-bond acceptors (Lipinski definition) is 2. The van der Waals surface area contributed by atoms with Crippen LogP contribution in [0.1, 0.15) is 17.7 Å². The fraction of sp³-hybridized carbons (Fsp3) is 0.300. The van der Waals surface area contributed by atoms with Crippen molar-refractivity contribution in [1.29, 1.82) is 0 Å². The predicted molar refractivity (Wildman–Crippen MR) is 55.6 cm³/mol. The van der Waals surface area contributed by atoms with Gasteiger partial charge < -0.3 is 5.73 Å². The van der Waals surface area contributed by atoms with E-state index in [4.69, 9.17) is 17.3 Å². The molecule has 1 aromatic heterocycles. The topological polar surface area (TPSA) is 38.9 Å². The molecule has 0 amide bonds. The second-order valence-electron chi connectivity index (χ2n) is 2.67. The van der Waals surface area contributed by atoms with Gasteiger partial charge in [0.1, 0.15) is 5.69 Å². The molecule has 3 heteroatoms. The van der Waals surface area contributed by atoms with Gasteiger partial charge in [-0.05, 0) is 24.5 Å². The van der Waals surface area contributed by atoms with Crippen molar-refractivity contribution in [3.8, 4) is 11.8 Å². The molecule has 0 atom stereocenters. The summed E-state index contributed by atoms with van der Waals surface area (Å²) in [6, 6.07) is 1.86. The van der Waals surface area contributed by atoms with Crippen LogP contribution in [0.25, 0.3) is 0 Å². The molecule has 13 heavy (non-hydrogen) atoms. The molecule has 1 heterocycles. The van der Waals surface area contributed by atoms with Crippen LogP contribution in [-0.2, 0) is 0 Å². The van der Waals surface area contributed by atoms with Crippen LogP contribution in [-0.4, -0.2) is 10.9 Å². The zero-order valence-corrected chi connectivity index (χ0v) is 8.23. The van der Waals surface area contributed by atoms with Crippen molar-refractivity contribution >= 4 is 17.3 Å². The first kappa shape index (κ1) is 9.88. The predicted octanol–water partition coefficient (Wildman–Crippen LogP) is 1.95. The second-order valence-corrected chi connectivity index (χ2v) is 3.05. The number of aryl methyl sites for hydroxylation is 1. The number of nitrogen functional groups attached to an aromatic ring is 1. The molecular formula is C10H11ClN2. The number of nitrogens with zero attached hydrogens (tertiary/aromatic N) is 1. The Bertz CT molecular complexity index is 350. The average Bonchev–Trinajstić information content (AvgIpc) is 2.09. The van der Waals surface area contributed by atoms with E-state index in [0.29, 0.717) is 18.0 Å². The fourth-order valence-electron chi connectivity index (χ4n) is 0.921. The molecule has 1 aromatic rings. The molecule has 0 fully saturated rings. The lowest BCUT2D eigenvalue weighted by Gasteiger charge is -1.97. The Kier molecular flexibility index (Phi) is 3.60. The van der Waals surface area contributed by atoms with Crippen molar-refractivity contribution in [2.45, 2.75) is 13.3 Å². The van der Waals surface area contributed by atoms with Crippen LogP contribution in [0, 0.1) is 18.8 Å². The fourth-order valence-corrected chi connectivity index (χ4v) is 1.02. The number of hydrogen-bond donors (Lipinski definition) is 1. The van der Waals surface area contributed by atoms with Crippen molar-refractivity contribution < 1.29 is 0 Å². The molecule has 2 nitrogen and oxygen atoms in total. The molecule has 0 aromatic carbocycles. The van der Waals surface area contributed by atoms with Crippen LogP contribution in [0.2, 0.25) is 0 Å². The van der Waals surface area contributed by atoms with Crippen molar-refractivity contribution in [3.63, 3.8) is 0 Å². The van der Waals surface area contributed by atoms with Crippen LogP contribution in [0.4, 0.5) is 5.69 Å². The number of halogens is 1. The van der Waals surface area contributed by atoms with Gasteiger partial charge in [-0.3, -0.25) is 0 Å². The average molecular weight is 195 g/mol. The summed E-state index contributed by atoms with van der Waals surface area (Å²) < 4.78 is 0. The minimum atomic E-state index is 0.557. The molecule has 0 aliphatic carbocycles. The first-order valence-electron chi connectivity index (χ1n) is 4.01. The van der Waals surface area contributed by atoms with Crippen LogP contribution in [0.3, 0.4) is 0 Å². The monoisotopic (exact) mass is 194 g/mol. The lowest BCUT2D eigenvalue weighted by atomic mass is 10.2. The molecule has 0 spiro atoms. The Morgan fingerprint density at radius 1 is 1.62 bits per heavy atom. The van der Waals surface area contributed by atoms with E-state index in [1.165, 1.54) is 0 Å². The van der Waals surface area contributed by atoms with Crippen molar-refractivity contribution in [1.82, 2.24) is 4.98 Å². The number of anilines is 1. The van der Waals surface area contributed by atoms with Crippen molar-refractivity contribution in [2.75, 3.05) is 11.6 Å². The number of pyridine rings is 1. The Morgan fingerprint density at radius 2 is 2.38 bits per heavy atom. The van der Waals surface area contributed by atoms with Gasteiger partial charge in [0.15, 0.2) is 0 Å². The highest BCUT2D eigenvalue weighted by atomic mass is 35.5. The molecule has 0 aliphatic heterocycles. The van der Waals surface area contributed by atoms with E-state index in [9.17, 15) is 0 Å². The third-order valence-corrected chi connectivity index (χ3v) is 1.71. The van der Waals surface area contributed by atoms with Crippen LogP contribution >= 0.6 is 11.6 Å². The van der Waals surface area contributed by atoms with E-state index in [0.717, 1.165) is 11.3 Å². The smallest absolute Gasteiger partial charge is 0.116 e. The standard InChI is InChI=1S/C10H11ClN2/c1-8-6-9(12)7-13-10(8)4-2-3-5-11/h6-7H,3,5,12H2,1H3. The molecule has 0 saturated carbocycles. The summed E-state index contributed by atoms with van der Waals surface area (Å²) in [5.74, 6) is 6.42. The van der Waals surface area contributed by atoms with E-state index in [2.05, 4.69) is 16.8 Å². The number of nitrogens with two attached hydrogens (primary N) is 1. The minimum absolute atomic E-state index is 0.557. The molecule has 0 unspecified atom stereocenters. The molecule has 68 valence electrons. The third kappa shape index (κ3) is 2.96. The highest BCUT2D eigenvalue weighted by Gasteiger charge is 1.95. The van der Waals surface area contributed by atoms with Gasteiger partial charge in [0.25, 0.3) is 0 Å². The Morgan fingerprint density at radius 3 is 3.00 bits per heavy atom. The second kappa shape index (κ2) is 4.74. The van der Waals surface area contributed by atoms with Gasteiger partial charge in [-0.15, -0.1) is 11.6 Å². The summed E-state index contributed by atoms with van der Waals surface area (Å²) >= 11 is 5.49. The largest absolute Gasteiger partial charge is 0.397 e. The van der Waals surface area contributed by atoms with E-state index in [1.807, 2.05) is 13.0 Å². The number of rotatable bonds is 1. The van der Waals surface area contributed by atoms with Crippen molar-refractivity contribution in [3.05, 3.63) is 23.5 Å². The highest BCUT2D eigenvalue weighted by molar-refractivity contribution is 6.18. The summed E-state index contributed by atoms with van der Waals surface area (Å²) in [6.07, 6.45) is 2.30. The summed E-state index contributed by atoms with van der Waals surface area (Å²) in [5, 5.41) is 0. The van der Waals surface area contributed by atoms with E-state index >= 15 is 0 Å². The van der Waals surface area contributed by atoms with Gasteiger partial charge in [0.05, 0.1) is 11.9 Å². The molecule has 0 bridgehead atoms. The summed E-state index contributed by atoms with van der Waals surface area (Å²) in [6.45, 7) is 1.94. The molecule has 1 rings (SSSR count). The quantitative estimate of drug-likeness (QED) is 0.548. The lowest BCUT2D eigenvalue weighted by molar-refractivity contribution is 1.22. The molecule has 0 aliphatic rings. The number of alkyl halides is 1. The van der Waals surface area contributed by atoms with Gasteiger partial charge in [0.2, 0.25) is 0 Å². The lowest BCUT2D eigenvalue weighted by Crippen LogP contribution is -1.92. The first-order chi connectivity index (χ1) is 6.24.